The zero-order valence-corrected chi connectivity index (χ0v) is 30.8. The minimum Gasteiger partial charge on any atom is -0.496 e. The third kappa shape index (κ3) is 6.42. The first-order chi connectivity index (χ1) is 25.4. The van der Waals surface area contributed by atoms with Gasteiger partial charge >= 0.3 is 0 Å². The van der Waals surface area contributed by atoms with E-state index in [1.54, 1.807) is 44.2 Å². The Bertz CT molecular complexity index is 2210. The summed E-state index contributed by atoms with van der Waals surface area (Å²) in [6.07, 6.45) is 4.62. The number of rotatable bonds is 11. The van der Waals surface area contributed by atoms with Gasteiger partial charge < -0.3 is 23.8 Å². The highest BCUT2D eigenvalue weighted by Gasteiger charge is 2.45. The molecule has 14 nitrogen and oxygen atoms in total. The Hall–Kier alpha value is -5.60. The first-order valence-corrected chi connectivity index (χ1v) is 17.6. The summed E-state index contributed by atoms with van der Waals surface area (Å²) in [4.78, 5) is 76.1. The summed E-state index contributed by atoms with van der Waals surface area (Å²) in [6, 6.07) is 10.3. The number of amides is 4. The Morgan fingerprint density at radius 1 is 0.925 bits per heavy atom. The van der Waals surface area contributed by atoms with Crippen molar-refractivity contribution in [2.45, 2.75) is 44.4 Å². The minimum atomic E-state index is -1.01. The van der Waals surface area contributed by atoms with Crippen molar-refractivity contribution in [1.29, 1.82) is 0 Å². The van der Waals surface area contributed by atoms with Crippen molar-refractivity contribution in [1.82, 2.24) is 29.6 Å². The van der Waals surface area contributed by atoms with Gasteiger partial charge in [-0.05, 0) is 55.3 Å². The maximum Gasteiger partial charge on any atom is 0.262 e. The number of benzene rings is 2. The summed E-state index contributed by atoms with van der Waals surface area (Å²) in [5, 5.41) is 3.56. The fraction of sp³-hybridized carbons (Fsp3) is 0.385. The molecule has 4 amide bonds. The van der Waals surface area contributed by atoms with Gasteiger partial charge in [-0.2, -0.15) is 0 Å². The lowest BCUT2D eigenvalue weighted by atomic mass is 9.96. The number of methoxy groups -OCH3 is 2. The van der Waals surface area contributed by atoms with Crippen molar-refractivity contribution in [3.8, 4) is 22.6 Å². The average molecular weight is 722 g/mol. The predicted octanol–water partition coefficient (Wildman–Crippen LogP) is 2.79. The fourth-order valence-corrected chi connectivity index (χ4v) is 7.66. The van der Waals surface area contributed by atoms with Crippen LogP contribution in [0.25, 0.3) is 21.9 Å². The summed E-state index contributed by atoms with van der Waals surface area (Å²) >= 11 is 0. The largest absolute Gasteiger partial charge is 0.496 e. The van der Waals surface area contributed by atoms with E-state index in [2.05, 4.69) is 20.1 Å². The van der Waals surface area contributed by atoms with Crippen molar-refractivity contribution >= 4 is 40.2 Å². The smallest absolute Gasteiger partial charge is 0.262 e. The normalized spacial score (nSPS) is 18.7. The third-order valence-corrected chi connectivity index (χ3v) is 10.6. The molecule has 2 unspecified atom stereocenters. The summed E-state index contributed by atoms with van der Waals surface area (Å²) in [6.45, 7) is 2.60. The standard InChI is InChI=1S/C39H43N7O7/c1-42(2)33-16-26-27(17-40-33)37(49)44(4)20-28(26)23-14-31(52-5)29(32(15-23)53-6)21-45-13-12-24(45)19-43(3)18-22-8-7-9-25-35(22)39(51)46(38(25)50)30-10-11-34(47)41-36(30)48/h7-9,14-17,20,24,30H,10-13,18-19,21H2,1-6H3,(H,41,47,48). The molecule has 7 rings (SSSR count). The number of likely N-dealkylation sites (tertiary alicyclic amines) is 1. The van der Waals surface area contributed by atoms with Gasteiger partial charge in [0, 0.05) is 83.1 Å². The second-order valence-corrected chi connectivity index (χ2v) is 14.2. The van der Waals surface area contributed by atoms with E-state index in [0.717, 1.165) is 45.8 Å². The lowest BCUT2D eigenvalue weighted by Crippen LogP contribution is -2.54. The zero-order chi connectivity index (χ0) is 37.7. The van der Waals surface area contributed by atoms with Gasteiger partial charge in [-0.3, -0.25) is 39.1 Å². The monoisotopic (exact) mass is 721 g/mol. The molecular formula is C39H43N7O7. The predicted molar refractivity (Wildman–Crippen MR) is 198 cm³/mol. The van der Waals surface area contributed by atoms with E-state index in [4.69, 9.17) is 9.47 Å². The van der Waals surface area contributed by atoms with Gasteiger partial charge in [0.2, 0.25) is 11.8 Å². The van der Waals surface area contributed by atoms with Crippen LogP contribution in [0.4, 0.5) is 5.82 Å². The minimum absolute atomic E-state index is 0.0707. The van der Waals surface area contributed by atoms with Crippen LogP contribution in [0.3, 0.4) is 0 Å². The number of fused-ring (bicyclic) bond motifs is 2. The molecular weight excluding hydrogens is 678 g/mol. The third-order valence-electron chi connectivity index (χ3n) is 10.6. The van der Waals surface area contributed by atoms with Crippen LogP contribution in [0.2, 0.25) is 0 Å². The van der Waals surface area contributed by atoms with E-state index in [1.165, 1.54) is 0 Å². The maximum absolute atomic E-state index is 13.6. The van der Waals surface area contributed by atoms with Gasteiger partial charge in [-0.25, -0.2) is 4.98 Å². The number of anilines is 1. The van der Waals surface area contributed by atoms with Crippen molar-refractivity contribution < 1.29 is 28.7 Å². The van der Waals surface area contributed by atoms with Crippen LogP contribution >= 0.6 is 0 Å². The molecule has 53 heavy (non-hydrogen) atoms. The fourth-order valence-electron chi connectivity index (χ4n) is 7.66. The van der Waals surface area contributed by atoms with Crippen LogP contribution in [0.5, 0.6) is 11.5 Å². The molecule has 276 valence electrons. The molecule has 3 aliphatic rings. The van der Waals surface area contributed by atoms with Crippen molar-refractivity contribution in [2.75, 3.05) is 53.4 Å². The van der Waals surface area contributed by atoms with Gasteiger partial charge in [-0.15, -0.1) is 0 Å². The van der Waals surface area contributed by atoms with Gasteiger partial charge in [0.25, 0.3) is 17.4 Å². The number of nitrogens with zero attached hydrogens (tertiary/aromatic N) is 6. The van der Waals surface area contributed by atoms with Gasteiger partial charge in [0.15, 0.2) is 0 Å². The first kappa shape index (κ1) is 35.8. The van der Waals surface area contributed by atoms with Crippen LogP contribution in [-0.4, -0.2) is 108 Å². The van der Waals surface area contributed by atoms with Crippen LogP contribution in [-0.2, 0) is 29.7 Å². The number of carbonyl (C=O) groups excluding carboxylic acids is 4. The quantitative estimate of drug-likeness (QED) is 0.228. The van der Waals surface area contributed by atoms with E-state index >= 15 is 0 Å². The number of hydrogen-bond acceptors (Lipinski definition) is 11. The second kappa shape index (κ2) is 14.1. The zero-order valence-electron chi connectivity index (χ0n) is 30.8. The van der Waals surface area contributed by atoms with E-state index in [0.29, 0.717) is 47.6 Å². The molecule has 0 radical (unpaired) electrons. The maximum atomic E-state index is 13.6. The summed E-state index contributed by atoms with van der Waals surface area (Å²) in [5.41, 5.74) is 3.78. The molecule has 2 atom stereocenters. The van der Waals surface area contributed by atoms with Crippen molar-refractivity contribution in [2.24, 2.45) is 7.05 Å². The highest BCUT2D eigenvalue weighted by molar-refractivity contribution is 6.24. The number of ether oxygens (including phenoxy) is 2. The van der Waals surface area contributed by atoms with E-state index in [9.17, 15) is 24.0 Å². The van der Waals surface area contributed by atoms with Crippen LogP contribution in [0.1, 0.15) is 51.1 Å². The van der Waals surface area contributed by atoms with Crippen molar-refractivity contribution in [3.05, 3.63) is 81.4 Å². The number of carbonyl (C=O) groups is 4. The summed E-state index contributed by atoms with van der Waals surface area (Å²) in [7, 11) is 10.8. The molecule has 0 aliphatic carbocycles. The Balaban J connectivity index is 1.09. The van der Waals surface area contributed by atoms with Gasteiger partial charge in [-0.1, -0.05) is 12.1 Å². The van der Waals surface area contributed by atoms with Gasteiger partial charge in [0.05, 0.1) is 36.3 Å². The molecule has 2 fully saturated rings. The lowest BCUT2D eigenvalue weighted by molar-refractivity contribution is -0.136. The van der Waals surface area contributed by atoms with Crippen LogP contribution in [0, 0.1) is 0 Å². The molecule has 2 aromatic carbocycles. The number of likely N-dealkylation sites (N-methyl/N-ethyl adjacent to an activating group) is 1. The van der Waals surface area contributed by atoms with E-state index < -0.39 is 29.7 Å². The van der Waals surface area contributed by atoms with Crippen LogP contribution < -0.4 is 25.2 Å². The molecule has 0 saturated carbocycles. The number of aromatic nitrogens is 2. The number of piperidine rings is 1. The first-order valence-electron chi connectivity index (χ1n) is 17.6. The topological polar surface area (TPSA) is 147 Å². The molecule has 5 heterocycles. The number of aryl methyl sites for hydroxylation is 1. The number of hydrogen-bond donors (Lipinski definition) is 1. The van der Waals surface area contributed by atoms with Crippen molar-refractivity contribution in [3.63, 3.8) is 0 Å². The summed E-state index contributed by atoms with van der Waals surface area (Å²) < 4.78 is 13.5. The number of imide groups is 2. The molecule has 3 aliphatic heterocycles. The molecule has 2 aromatic heterocycles. The molecule has 0 bridgehead atoms. The second-order valence-electron chi connectivity index (χ2n) is 14.2. The lowest BCUT2D eigenvalue weighted by Gasteiger charge is -2.43. The molecule has 14 heteroatoms. The highest BCUT2D eigenvalue weighted by Crippen LogP contribution is 2.39. The Morgan fingerprint density at radius 2 is 1.66 bits per heavy atom. The average Bonchev–Trinajstić information content (AvgIpc) is 3.39. The number of nitrogens with one attached hydrogen (secondary N) is 1. The van der Waals surface area contributed by atoms with Crippen LogP contribution in [0.15, 0.2) is 53.6 Å². The van der Waals surface area contributed by atoms with E-state index in [1.807, 2.05) is 56.5 Å². The number of pyridine rings is 2. The molecule has 2 saturated heterocycles. The van der Waals surface area contributed by atoms with E-state index in [-0.39, 0.29) is 30.0 Å². The molecule has 4 aromatic rings. The van der Waals surface area contributed by atoms with Gasteiger partial charge in [0.1, 0.15) is 23.4 Å². The molecule has 0 spiro atoms. The Labute approximate surface area is 306 Å². The highest BCUT2D eigenvalue weighted by atomic mass is 16.5. The SMILES string of the molecule is COc1cc(-c2cn(C)c(=O)c3cnc(N(C)C)cc23)cc(OC)c1CN1CCC1CN(C)Cc1cccc2c1C(=O)N(C1CCC(=O)NC1=O)C2=O. The Morgan fingerprint density at radius 3 is 2.30 bits per heavy atom. The summed E-state index contributed by atoms with van der Waals surface area (Å²) in [5.74, 6) is 0.0359. The Kier molecular flexibility index (Phi) is 9.51. The molecule has 1 N–H and O–H groups in total.